The third-order valence-electron chi connectivity index (χ3n) is 1.46. The van der Waals surface area contributed by atoms with Crippen LogP contribution in [-0.2, 0) is 10.0 Å². The predicted octanol–water partition coefficient (Wildman–Crippen LogP) is 0.554. The Morgan fingerprint density at radius 1 is 1.50 bits per heavy atom. The SMILES string of the molecule is CC(C)N1CC=CS1(=O)=O. The Labute approximate surface area is 61.4 Å². The van der Waals surface area contributed by atoms with Crippen LogP contribution in [0.15, 0.2) is 11.5 Å². The van der Waals surface area contributed by atoms with Gasteiger partial charge in [0, 0.05) is 18.0 Å². The monoisotopic (exact) mass is 161 g/mol. The first kappa shape index (κ1) is 7.75. The lowest BCUT2D eigenvalue weighted by atomic mass is 10.4. The number of rotatable bonds is 1. The Bertz CT molecular complexity index is 240. The first-order chi connectivity index (χ1) is 4.54. The van der Waals surface area contributed by atoms with Crippen molar-refractivity contribution in [3.05, 3.63) is 11.5 Å². The molecule has 0 bridgehead atoms. The molecule has 58 valence electrons. The fraction of sp³-hybridized carbons (Fsp3) is 0.667. The zero-order chi connectivity index (χ0) is 7.78. The third kappa shape index (κ3) is 1.22. The van der Waals surface area contributed by atoms with E-state index < -0.39 is 10.0 Å². The molecule has 0 aromatic rings. The van der Waals surface area contributed by atoms with Crippen LogP contribution in [0.25, 0.3) is 0 Å². The first-order valence-electron chi connectivity index (χ1n) is 3.22. The third-order valence-corrected chi connectivity index (χ3v) is 3.22. The molecule has 0 aliphatic carbocycles. The van der Waals surface area contributed by atoms with Gasteiger partial charge in [0.05, 0.1) is 0 Å². The zero-order valence-electron chi connectivity index (χ0n) is 6.11. The Morgan fingerprint density at radius 3 is 2.30 bits per heavy atom. The Morgan fingerprint density at radius 2 is 2.10 bits per heavy atom. The average Bonchev–Trinajstić information content (AvgIpc) is 2.08. The summed E-state index contributed by atoms with van der Waals surface area (Å²) >= 11 is 0. The van der Waals surface area contributed by atoms with E-state index in [0.29, 0.717) is 6.54 Å². The van der Waals surface area contributed by atoms with E-state index >= 15 is 0 Å². The summed E-state index contributed by atoms with van der Waals surface area (Å²) in [7, 11) is -3.03. The fourth-order valence-electron chi connectivity index (χ4n) is 0.955. The Hall–Kier alpha value is -0.350. The standard InChI is InChI=1S/C6H11NO2S/c1-6(2)7-4-3-5-10(7,8)9/h3,5-6H,4H2,1-2H3. The molecule has 10 heavy (non-hydrogen) atoms. The Balaban J connectivity index is 2.87. The molecular formula is C6H11NO2S. The lowest BCUT2D eigenvalue weighted by Gasteiger charge is -2.17. The second-order valence-electron chi connectivity index (χ2n) is 2.58. The molecule has 0 saturated carbocycles. The number of sulfonamides is 1. The number of hydrogen-bond acceptors (Lipinski definition) is 2. The highest BCUT2D eigenvalue weighted by molar-refractivity contribution is 7.92. The highest BCUT2D eigenvalue weighted by Crippen LogP contribution is 2.13. The summed E-state index contributed by atoms with van der Waals surface area (Å²) in [6.07, 6.45) is 1.66. The molecule has 0 spiro atoms. The minimum absolute atomic E-state index is 0.0694. The van der Waals surface area contributed by atoms with E-state index in [1.165, 1.54) is 9.71 Å². The molecule has 0 saturated heterocycles. The van der Waals surface area contributed by atoms with Crippen molar-refractivity contribution in [2.24, 2.45) is 0 Å². The molecule has 0 amide bonds. The maximum Gasteiger partial charge on any atom is 0.236 e. The summed E-state index contributed by atoms with van der Waals surface area (Å²) in [6.45, 7) is 4.26. The summed E-state index contributed by atoms with van der Waals surface area (Å²) in [4.78, 5) is 0. The van der Waals surface area contributed by atoms with Crippen molar-refractivity contribution in [1.82, 2.24) is 4.31 Å². The molecular weight excluding hydrogens is 150 g/mol. The van der Waals surface area contributed by atoms with Gasteiger partial charge < -0.3 is 0 Å². The van der Waals surface area contributed by atoms with Crippen molar-refractivity contribution in [3.63, 3.8) is 0 Å². The summed E-state index contributed by atoms with van der Waals surface area (Å²) in [5.41, 5.74) is 0. The van der Waals surface area contributed by atoms with Crippen LogP contribution >= 0.6 is 0 Å². The van der Waals surface area contributed by atoms with E-state index in [1.54, 1.807) is 6.08 Å². The summed E-state index contributed by atoms with van der Waals surface area (Å²) in [5, 5.41) is 1.26. The molecule has 0 atom stereocenters. The van der Waals surface area contributed by atoms with Gasteiger partial charge in [0.1, 0.15) is 0 Å². The molecule has 1 heterocycles. The van der Waals surface area contributed by atoms with Crippen LogP contribution in [0.1, 0.15) is 13.8 Å². The lowest BCUT2D eigenvalue weighted by Crippen LogP contribution is -2.31. The maximum absolute atomic E-state index is 11.0. The van der Waals surface area contributed by atoms with Crippen LogP contribution in [0.4, 0.5) is 0 Å². The van der Waals surface area contributed by atoms with E-state index in [-0.39, 0.29) is 6.04 Å². The minimum Gasteiger partial charge on any atom is -0.207 e. The molecule has 4 heteroatoms. The van der Waals surface area contributed by atoms with Gasteiger partial charge in [-0.05, 0) is 13.8 Å². The van der Waals surface area contributed by atoms with Gasteiger partial charge in [-0.2, -0.15) is 4.31 Å². The molecule has 0 aromatic heterocycles. The van der Waals surface area contributed by atoms with Gasteiger partial charge in [-0.15, -0.1) is 0 Å². The molecule has 1 rings (SSSR count). The normalized spacial score (nSPS) is 24.3. The molecule has 0 radical (unpaired) electrons. The second-order valence-corrected chi connectivity index (χ2v) is 4.35. The minimum atomic E-state index is -3.03. The topological polar surface area (TPSA) is 37.4 Å². The molecule has 0 unspecified atom stereocenters. The Kier molecular flexibility index (Phi) is 1.83. The van der Waals surface area contributed by atoms with Crippen molar-refractivity contribution in [1.29, 1.82) is 0 Å². The molecule has 3 nitrogen and oxygen atoms in total. The van der Waals surface area contributed by atoms with Crippen LogP contribution in [-0.4, -0.2) is 25.3 Å². The van der Waals surface area contributed by atoms with Crippen molar-refractivity contribution in [2.45, 2.75) is 19.9 Å². The van der Waals surface area contributed by atoms with Gasteiger partial charge in [0.2, 0.25) is 10.0 Å². The summed E-state index contributed by atoms with van der Waals surface area (Å²) < 4.78 is 23.5. The van der Waals surface area contributed by atoms with Crippen LogP contribution < -0.4 is 0 Å². The quantitative estimate of drug-likeness (QED) is 0.563. The van der Waals surface area contributed by atoms with E-state index in [1.807, 2.05) is 13.8 Å². The lowest BCUT2D eigenvalue weighted by molar-refractivity contribution is 0.395. The van der Waals surface area contributed by atoms with E-state index in [9.17, 15) is 8.42 Å². The van der Waals surface area contributed by atoms with Gasteiger partial charge >= 0.3 is 0 Å². The number of hydrogen-bond donors (Lipinski definition) is 0. The van der Waals surface area contributed by atoms with Crippen LogP contribution in [0, 0.1) is 0 Å². The van der Waals surface area contributed by atoms with Gasteiger partial charge in [-0.1, -0.05) is 6.08 Å². The van der Waals surface area contributed by atoms with E-state index in [2.05, 4.69) is 0 Å². The second kappa shape index (κ2) is 2.36. The van der Waals surface area contributed by atoms with Crippen LogP contribution in [0.3, 0.4) is 0 Å². The smallest absolute Gasteiger partial charge is 0.207 e. The zero-order valence-corrected chi connectivity index (χ0v) is 6.93. The average molecular weight is 161 g/mol. The van der Waals surface area contributed by atoms with Gasteiger partial charge in [0.25, 0.3) is 0 Å². The maximum atomic E-state index is 11.0. The van der Waals surface area contributed by atoms with Gasteiger partial charge in [-0.25, -0.2) is 8.42 Å². The van der Waals surface area contributed by atoms with Gasteiger partial charge in [-0.3, -0.25) is 0 Å². The van der Waals surface area contributed by atoms with Gasteiger partial charge in [0.15, 0.2) is 0 Å². The van der Waals surface area contributed by atoms with E-state index in [4.69, 9.17) is 0 Å². The molecule has 1 aliphatic rings. The van der Waals surface area contributed by atoms with Crippen molar-refractivity contribution >= 4 is 10.0 Å². The largest absolute Gasteiger partial charge is 0.236 e. The highest BCUT2D eigenvalue weighted by Gasteiger charge is 2.24. The van der Waals surface area contributed by atoms with Crippen LogP contribution in [0.2, 0.25) is 0 Å². The first-order valence-corrected chi connectivity index (χ1v) is 4.73. The van der Waals surface area contributed by atoms with E-state index in [0.717, 1.165) is 0 Å². The van der Waals surface area contributed by atoms with Crippen molar-refractivity contribution in [2.75, 3.05) is 6.54 Å². The molecule has 1 aliphatic heterocycles. The molecule has 0 fully saturated rings. The molecule has 0 aromatic carbocycles. The van der Waals surface area contributed by atoms with Crippen molar-refractivity contribution in [3.8, 4) is 0 Å². The highest BCUT2D eigenvalue weighted by atomic mass is 32.2. The van der Waals surface area contributed by atoms with Crippen LogP contribution in [0.5, 0.6) is 0 Å². The number of nitrogens with zero attached hydrogens (tertiary/aromatic N) is 1. The fourth-order valence-corrected chi connectivity index (χ4v) is 2.32. The summed E-state index contributed by atoms with van der Waals surface area (Å²) in [6, 6.07) is 0.0694. The summed E-state index contributed by atoms with van der Waals surface area (Å²) in [5.74, 6) is 0. The van der Waals surface area contributed by atoms with Crippen molar-refractivity contribution < 1.29 is 8.42 Å². The predicted molar refractivity (Wildman–Crippen MR) is 39.9 cm³/mol. The molecule has 0 N–H and O–H groups in total.